The third kappa shape index (κ3) is 1.94. The van der Waals surface area contributed by atoms with Gasteiger partial charge in [-0.25, -0.2) is 4.68 Å². The minimum absolute atomic E-state index is 0.601. The fraction of sp³-hybridized carbons (Fsp3) is 0.357. The Morgan fingerprint density at radius 2 is 2.00 bits per heavy atom. The maximum Gasteiger partial charge on any atom is 0.144 e. The number of nitrogens with zero attached hydrogens (tertiary/aromatic N) is 2. The van der Waals surface area contributed by atoms with Crippen LogP contribution in [-0.4, -0.2) is 16.4 Å². The van der Waals surface area contributed by atoms with E-state index in [0.717, 1.165) is 17.1 Å². The summed E-state index contributed by atoms with van der Waals surface area (Å²) in [5, 5.41) is 4.52. The van der Waals surface area contributed by atoms with Crippen LogP contribution in [0.5, 0.6) is 5.75 Å². The Bertz CT molecular complexity index is 573. The molecule has 2 rings (SSSR count). The Kier molecular flexibility index (Phi) is 3.28. The molecule has 0 unspecified atom stereocenters. The topological polar surface area (TPSA) is 53.1 Å². The molecule has 0 spiro atoms. The van der Waals surface area contributed by atoms with E-state index in [1.165, 1.54) is 5.56 Å². The lowest BCUT2D eigenvalue weighted by molar-refractivity contribution is 0.342. The molecule has 0 aliphatic rings. The Balaban J connectivity index is 2.57. The van der Waals surface area contributed by atoms with Crippen molar-refractivity contribution in [3.05, 3.63) is 35.2 Å². The van der Waals surface area contributed by atoms with Crippen LogP contribution in [0.1, 0.15) is 23.9 Å². The maximum atomic E-state index is 6.14. The van der Waals surface area contributed by atoms with Crippen LogP contribution >= 0.6 is 0 Å². The second kappa shape index (κ2) is 4.72. The first-order valence-corrected chi connectivity index (χ1v) is 6.10. The van der Waals surface area contributed by atoms with E-state index in [9.17, 15) is 0 Å². The SMILES string of the molecule is CCOc1cccc(-n2nc(C)c(C)c2C)c1N. The second-order valence-electron chi connectivity index (χ2n) is 4.33. The molecule has 1 aromatic carbocycles. The number of nitrogen functional groups attached to an aromatic ring is 1. The van der Waals surface area contributed by atoms with Gasteiger partial charge in [-0.1, -0.05) is 6.07 Å². The zero-order valence-electron chi connectivity index (χ0n) is 11.3. The molecule has 0 bridgehead atoms. The largest absolute Gasteiger partial charge is 0.492 e. The maximum absolute atomic E-state index is 6.14. The summed E-state index contributed by atoms with van der Waals surface area (Å²) in [6, 6.07) is 5.76. The summed E-state index contributed by atoms with van der Waals surface area (Å²) < 4.78 is 7.39. The van der Waals surface area contributed by atoms with Gasteiger partial charge in [-0.3, -0.25) is 0 Å². The van der Waals surface area contributed by atoms with Crippen molar-refractivity contribution >= 4 is 5.69 Å². The van der Waals surface area contributed by atoms with Gasteiger partial charge in [0.2, 0.25) is 0 Å². The quantitative estimate of drug-likeness (QED) is 0.846. The number of hydrogen-bond donors (Lipinski definition) is 1. The molecule has 18 heavy (non-hydrogen) atoms. The average Bonchev–Trinajstić information content (AvgIpc) is 2.60. The molecule has 0 aliphatic carbocycles. The van der Waals surface area contributed by atoms with Crippen molar-refractivity contribution in [3.63, 3.8) is 0 Å². The number of anilines is 1. The van der Waals surface area contributed by atoms with E-state index in [-0.39, 0.29) is 0 Å². The Labute approximate surface area is 107 Å². The first kappa shape index (κ1) is 12.5. The molecule has 0 radical (unpaired) electrons. The van der Waals surface area contributed by atoms with Gasteiger partial charge in [0.15, 0.2) is 0 Å². The van der Waals surface area contributed by atoms with Gasteiger partial charge in [0.05, 0.1) is 18.0 Å². The van der Waals surface area contributed by atoms with Gasteiger partial charge >= 0.3 is 0 Å². The second-order valence-corrected chi connectivity index (χ2v) is 4.33. The lowest BCUT2D eigenvalue weighted by atomic mass is 10.2. The minimum atomic E-state index is 0.601. The number of rotatable bonds is 3. The molecular formula is C14H19N3O. The smallest absolute Gasteiger partial charge is 0.144 e. The van der Waals surface area contributed by atoms with Crippen molar-refractivity contribution in [2.45, 2.75) is 27.7 Å². The summed E-state index contributed by atoms with van der Waals surface area (Å²) in [5.41, 5.74) is 11.0. The van der Waals surface area contributed by atoms with Gasteiger partial charge in [-0.05, 0) is 45.4 Å². The number of para-hydroxylation sites is 1. The van der Waals surface area contributed by atoms with Crippen LogP contribution in [0, 0.1) is 20.8 Å². The van der Waals surface area contributed by atoms with E-state index in [0.29, 0.717) is 18.0 Å². The van der Waals surface area contributed by atoms with Crippen LogP contribution in [0.25, 0.3) is 5.69 Å². The summed E-state index contributed by atoms with van der Waals surface area (Å²) in [4.78, 5) is 0. The molecule has 0 fully saturated rings. The number of ether oxygens (including phenoxy) is 1. The molecular weight excluding hydrogens is 226 g/mol. The third-order valence-corrected chi connectivity index (χ3v) is 3.22. The molecule has 0 saturated carbocycles. The summed E-state index contributed by atoms with van der Waals surface area (Å²) >= 11 is 0. The predicted octanol–water partition coefficient (Wildman–Crippen LogP) is 2.78. The van der Waals surface area contributed by atoms with E-state index < -0.39 is 0 Å². The minimum Gasteiger partial charge on any atom is -0.492 e. The molecule has 1 heterocycles. The summed E-state index contributed by atoms with van der Waals surface area (Å²) in [5.74, 6) is 0.709. The van der Waals surface area contributed by atoms with E-state index >= 15 is 0 Å². The van der Waals surface area contributed by atoms with E-state index in [4.69, 9.17) is 10.5 Å². The molecule has 0 amide bonds. The van der Waals surface area contributed by atoms with Crippen molar-refractivity contribution in [1.29, 1.82) is 0 Å². The number of benzene rings is 1. The lowest BCUT2D eigenvalue weighted by Crippen LogP contribution is -2.06. The summed E-state index contributed by atoms with van der Waals surface area (Å²) in [7, 11) is 0. The zero-order chi connectivity index (χ0) is 13.3. The normalized spacial score (nSPS) is 10.7. The highest BCUT2D eigenvalue weighted by Gasteiger charge is 2.13. The molecule has 4 heteroatoms. The fourth-order valence-corrected chi connectivity index (χ4v) is 1.95. The highest BCUT2D eigenvalue weighted by Crippen LogP contribution is 2.29. The number of aryl methyl sites for hydroxylation is 1. The van der Waals surface area contributed by atoms with Crippen molar-refractivity contribution in [2.75, 3.05) is 12.3 Å². The fourth-order valence-electron chi connectivity index (χ4n) is 1.95. The van der Waals surface area contributed by atoms with Gasteiger partial charge in [0.1, 0.15) is 11.4 Å². The molecule has 0 atom stereocenters. The highest BCUT2D eigenvalue weighted by atomic mass is 16.5. The van der Waals surface area contributed by atoms with E-state index in [1.807, 2.05) is 43.7 Å². The average molecular weight is 245 g/mol. The monoisotopic (exact) mass is 245 g/mol. The van der Waals surface area contributed by atoms with Crippen molar-refractivity contribution in [3.8, 4) is 11.4 Å². The van der Waals surface area contributed by atoms with Crippen molar-refractivity contribution < 1.29 is 4.74 Å². The van der Waals surface area contributed by atoms with E-state index in [1.54, 1.807) is 0 Å². The Hall–Kier alpha value is -1.97. The van der Waals surface area contributed by atoms with Crippen LogP contribution in [0.15, 0.2) is 18.2 Å². The van der Waals surface area contributed by atoms with Crippen LogP contribution < -0.4 is 10.5 Å². The molecule has 96 valence electrons. The third-order valence-electron chi connectivity index (χ3n) is 3.22. The number of nitrogens with two attached hydrogens (primary N) is 1. The zero-order valence-corrected chi connectivity index (χ0v) is 11.3. The first-order valence-electron chi connectivity index (χ1n) is 6.10. The van der Waals surface area contributed by atoms with Crippen molar-refractivity contribution in [2.24, 2.45) is 0 Å². The van der Waals surface area contributed by atoms with Crippen LogP contribution in [-0.2, 0) is 0 Å². The molecule has 4 nitrogen and oxygen atoms in total. The van der Waals surface area contributed by atoms with Gasteiger partial charge in [0.25, 0.3) is 0 Å². The van der Waals surface area contributed by atoms with Gasteiger partial charge in [-0.15, -0.1) is 0 Å². The molecule has 0 saturated heterocycles. The Morgan fingerprint density at radius 1 is 1.28 bits per heavy atom. The van der Waals surface area contributed by atoms with Crippen LogP contribution in [0.3, 0.4) is 0 Å². The Morgan fingerprint density at radius 3 is 2.56 bits per heavy atom. The lowest BCUT2D eigenvalue weighted by Gasteiger charge is -2.12. The van der Waals surface area contributed by atoms with Gasteiger partial charge in [-0.2, -0.15) is 5.10 Å². The van der Waals surface area contributed by atoms with Crippen LogP contribution in [0.4, 0.5) is 5.69 Å². The van der Waals surface area contributed by atoms with Gasteiger partial charge < -0.3 is 10.5 Å². The predicted molar refractivity (Wildman–Crippen MR) is 73.4 cm³/mol. The molecule has 0 aliphatic heterocycles. The molecule has 2 N–H and O–H groups in total. The summed E-state index contributed by atoms with van der Waals surface area (Å²) in [6.07, 6.45) is 0. The number of aromatic nitrogens is 2. The van der Waals surface area contributed by atoms with Gasteiger partial charge in [0, 0.05) is 5.69 Å². The summed E-state index contributed by atoms with van der Waals surface area (Å²) in [6.45, 7) is 8.66. The molecule has 2 aromatic rings. The van der Waals surface area contributed by atoms with Crippen LogP contribution in [0.2, 0.25) is 0 Å². The highest BCUT2D eigenvalue weighted by molar-refractivity contribution is 5.66. The van der Waals surface area contributed by atoms with Crippen molar-refractivity contribution in [1.82, 2.24) is 9.78 Å². The standard InChI is InChI=1S/C14H19N3O/c1-5-18-13-8-6-7-12(14(13)15)17-11(4)9(2)10(3)16-17/h6-8H,5,15H2,1-4H3. The number of hydrogen-bond acceptors (Lipinski definition) is 3. The van der Waals surface area contributed by atoms with E-state index in [2.05, 4.69) is 12.0 Å². The first-order chi connectivity index (χ1) is 8.56. The molecule has 1 aromatic heterocycles.